The van der Waals surface area contributed by atoms with Crippen LogP contribution in [-0.4, -0.2) is 21.4 Å². The number of amides is 2. The molecule has 1 atom stereocenters. The molecule has 26 heavy (non-hydrogen) atoms. The highest BCUT2D eigenvalue weighted by molar-refractivity contribution is 5.99. The van der Waals surface area contributed by atoms with Crippen LogP contribution < -0.4 is 10.6 Å². The number of anilines is 1. The maximum absolute atomic E-state index is 12.7. The molecule has 0 radical (unpaired) electrons. The summed E-state index contributed by atoms with van der Waals surface area (Å²) in [4.78, 5) is 28.3. The van der Waals surface area contributed by atoms with Gasteiger partial charge in [0.15, 0.2) is 0 Å². The topological polar surface area (TPSA) is 76.0 Å². The summed E-state index contributed by atoms with van der Waals surface area (Å²) in [5.41, 5.74) is 4.12. The smallest absolute Gasteiger partial charge is 0.270 e. The van der Waals surface area contributed by atoms with Gasteiger partial charge in [0.1, 0.15) is 5.69 Å². The van der Waals surface area contributed by atoms with Crippen molar-refractivity contribution in [3.05, 3.63) is 77.9 Å². The fourth-order valence-corrected chi connectivity index (χ4v) is 3.13. The van der Waals surface area contributed by atoms with Crippen LogP contribution in [0.3, 0.4) is 0 Å². The van der Waals surface area contributed by atoms with E-state index in [9.17, 15) is 9.59 Å². The molecular weight excluding hydrogens is 328 g/mol. The van der Waals surface area contributed by atoms with Crippen LogP contribution in [0.25, 0.3) is 5.69 Å². The van der Waals surface area contributed by atoms with Gasteiger partial charge in [-0.05, 0) is 36.2 Å². The first-order valence-electron chi connectivity index (χ1n) is 8.43. The Labute approximate surface area is 150 Å². The molecule has 0 bridgehead atoms. The number of fused-ring (bicyclic) bond motifs is 1. The summed E-state index contributed by atoms with van der Waals surface area (Å²) < 4.78 is 1.76. The van der Waals surface area contributed by atoms with Crippen LogP contribution in [0.15, 0.2) is 61.1 Å². The van der Waals surface area contributed by atoms with Crippen molar-refractivity contribution >= 4 is 17.5 Å². The van der Waals surface area contributed by atoms with Crippen LogP contribution in [0, 0.1) is 0 Å². The van der Waals surface area contributed by atoms with Gasteiger partial charge in [0, 0.05) is 11.4 Å². The minimum atomic E-state index is -0.200. The first kappa shape index (κ1) is 16.1. The van der Waals surface area contributed by atoms with Crippen LogP contribution in [-0.2, 0) is 11.2 Å². The van der Waals surface area contributed by atoms with Gasteiger partial charge >= 0.3 is 0 Å². The van der Waals surface area contributed by atoms with E-state index in [1.165, 1.54) is 0 Å². The summed E-state index contributed by atoms with van der Waals surface area (Å²) in [6, 6.07) is 15.2. The van der Waals surface area contributed by atoms with Crippen molar-refractivity contribution in [2.24, 2.45) is 0 Å². The van der Waals surface area contributed by atoms with Crippen molar-refractivity contribution in [3.63, 3.8) is 0 Å². The summed E-state index contributed by atoms with van der Waals surface area (Å²) in [5, 5.41) is 5.82. The third-order valence-electron chi connectivity index (χ3n) is 4.51. The molecule has 2 N–H and O–H groups in total. The molecule has 0 saturated carbocycles. The monoisotopic (exact) mass is 346 g/mol. The van der Waals surface area contributed by atoms with E-state index >= 15 is 0 Å². The summed E-state index contributed by atoms with van der Waals surface area (Å²) in [5.74, 6) is -0.200. The molecule has 130 valence electrons. The lowest BCUT2D eigenvalue weighted by Crippen LogP contribution is -2.28. The Morgan fingerprint density at radius 2 is 2.04 bits per heavy atom. The van der Waals surface area contributed by atoms with Crippen LogP contribution in [0.1, 0.15) is 34.6 Å². The predicted molar refractivity (Wildman–Crippen MR) is 98.2 cm³/mol. The lowest BCUT2D eigenvalue weighted by atomic mass is 10.0. The lowest BCUT2D eigenvalue weighted by Gasteiger charge is -2.16. The van der Waals surface area contributed by atoms with Crippen molar-refractivity contribution in [1.29, 1.82) is 0 Å². The number of hydrogen-bond donors (Lipinski definition) is 2. The SMILES string of the molecule is C[C@@H](NC(=O)c1cncn1-c1ccccc1)c1ccc2c(c1)CC(=O)N2. The number of aromatic nitrogens is 2. The third-order valence-corrected chi connectivity index (χ3v) is 4.51. The van der Waals surface area contributed by atoms with Crippen LogP contribution in [0.5, 0.6) is 0 Å². The average molecular weight is 346 g/mol. The van der Waals surface area contributed by atoms with Crippen molar-refractivity contribution in [3.8, 4) is 5.69 Å². The second-order valence-electron chi connectivity index (χ2n) is 6.32. The molecular formula is C20H18N4O2. The molecule has 0 aliphatic carbocycles. The van der Waals surface area contributed by atoms with Crippen LogP contribution >= 0.6 is 0 Å². The molecule has 2 amide bonds. The molecule has 0 spiro atoms. The molecule has 1 aliphatic rings. The Morgan fingerprint density at radius 1 is 1.23 bits per heavy atom. The standard InChI is InChI=1S/C20H18N4O2/c1-13(14-7-8-17-15(9-14)10-19(25)23-17)22-20(26)18-11-21-12-24(18)16-5-3-2-4-6-16/h2-9,11-13H,10H2,1H3,(H,22,26)(H,23,25)/t13-/m1/s1. The van der Waals surface area contributed by atoms with Crippen molar-refractivity contribution in [1.82, 2.24) is 14.9 Å². The maximum Gasteiger partial charge on any atom is 0.270 e. The normalized spacial score (nSPS) is 13.8. The molecule has 0 unspecified atom stereocenters. The number of nitrogens with one attached hydrogen (secondary N) is 2. The number of carbonyl (C=O) groups excluding carboxylic acids is 2. The fourth-order valence-electron chi connectivity index (χ4n) is 3.13. The van der Waals surface area contributed by atoms with E-state index in [1.807, 2.05) is 55.5 Å². The van der Waals surface area contributed by atoms with Crippen LogP contribution in [0.2, 0.25) is 0 Å². The van der Waals surface area contributed by atoms with E-state index in [0.29, 0.717) is 12.1 Å². The average Bonchev–Trinajstić information content (AvgIpc) is 3.27. The fraction of sp³-hybridized carbons (Fsp3) is 0.150. The molecule has 4 rings (SSSR count). The van der Waals surface area contributed by atoms with Gasteiger partial charge in [0.25, 0.3) is 5.91 Å². The number of hydrogen-bond acceptors (Lipinski definition) is 3. The first-order valence-corrected chi connectivity index (χ1v) is 8.43. The van der Waals surface area contributed by atoms with Crippen LogP contribution in [0.4, 0.5) is 5.69 Å². The van der Waals surface area contributed by atoms with Gasteiger partial charge in [0.2, 0.25) is 5.91 Å². The minimum Gasteiger partial charge on any atom is -0.344 e. The Hall–Kier alpha value is -3.41. The Bertz CT molecular complexity index is 978. The zero-order valence-corrected chi connectivity index (χ0v) is 14.3. The van der Waals surface area contributed by atoms with E-state index in [1.54, 1.807) is 17.1 Å². The number of benzene rings is 2. The van der Waals surface area contributed by atoms with Gasteiger partial charge in [-0.2, -0.15) is 0 Å². The van der Waals surface area contributed by atoms with Gasteiger partial charge < -0.3 is 10.6 Å². The van der Waals surface area contributed by atoms with Gasteiger partial charge in [-0.1, -0.05) is 30.3 Å². The van der Waals surface area contributed by atoms with E-state index in [2.05, 4.69) is 15.6 Å². The first-order chi connectivity index (χ1) is 12.6. The van der Waals surface area contributed by atoms with Crippen molar-refractivity contribution < 1.29 is 9.59 Å². The maximum atomic E-state index is 12.7. The van der Waals surface area contributed by atoms with E-state index < -0.39 is 0 Å². The van der Waals surface area contributed by atoms with Gasteiger partial charge in [-0.25, -0.2) is 4.98 Å². The molecule has 3 aromatic rings. The summed E-state index contributed by atoms with van der Waals surface area (Å²) >= 11 is 0. The van der Waals surface area contributed by atoms with Crippen molar-refractivity contribution in [2.45, 2.75) is 19.4 Å². The molecule has 6 heteroatoms. The second-order valence-corrected chi connectivity index (χ2v) is 6.32. The number of carbonyl (C=O) groups is 2. The number of imidazole rings is 1. The minimum absolute atomic E-state index is 0.000557. The summed E-state index contributed by atoms with van der Waals surface area (Å²) in [6.07, 6.45) is 3.56. The molecule has 2 heterocycles. The number of para-hydroxylation sites is 1. The highest BCUT2D eigenvalue weighted by atomic mass is 16.2. The Kier molecular flexibility index (Phi) is 4.01. The number of nitrogens with zero attached hydrogens (tertiary/aromatic N) is 2. The van der Waals surface area contributed by atoms with Crippen molar-refractivity contribution in [2.75, 3.05) is 5.32 Å². The number of rotatable bonds is 4. The largest absolute Gasteiger partial charge is 0.344 e. The quantitative estimate of drug-likeness (QED) is 0.763. The second kappa shape index (κ2) is 6.48. The van der Waals surface area contributed by atoms with E-state index in [0.717, 1.165) is 22.5 Å². The van der Waals surface area contributed by atoms with E-state index in [4.69, 9.17) is 0 Å². The summed E-state index contributed by atoms with van der Waals surface area (Å²) in [6.45, 7) is 1.92. The van der Waals surface area contributed by atoms with Gasteiger partial charge in [0.05, 0.1) is 25.0 Å². The molecule has 6 nitrogen and oxygen atoms in total. The zero-order valence-electron chi connectivity index (χ0n) is 14.3. The molecule has 0 fully saturated rings. The highest BCUT2D eigenvalue weighted by Crippen LogP contribution is 2.26. The van der Waals surface area contributed by atoms with E-state index in [-0.39, 0.29) is 17.9 Å². The summed E-state index contributed by atoms with van der Waals surface area (Å²) in [7, 11) is 0. The highest BCUT2D eigenvalue weighted by Gasteiger charge is 2.20. The Balaban J connectivity index is 1.54. The molecule has 1 aromatic heterocycles. The molecule has 0 saturated heterocycles. The third kappa shape index (κ3) is 2.97. The lowest BCUT2D eigenvalue weighted by molar-refractivity contribution is -0.115. The molecule has 2 aromatic carbocycles. The van der Waals surface area contributed by atoms with Gasteiger partial charge in [-0.15, -0.1) is 0 Å². The zero-order chi connectivity index (χ0) is 18.1. The molecule has 1 aliphatic heterocycles. The van der Waals surface area contributed by atoms with Gasteiger partial charge in [-0.3, -0.25) is 14.2 Å². The Morgan fingerprint density at radius 3 is 2.85 bits per heavy atom. The predicted octanol–water partition coefficient (Wildman–Crippen LogP) is 2.86.